The van der Waals surface area contributed by atoms with Gasteiger partial charge in [-0.3, -0.25) is 9.59 Å². The summed E-state index contributed by atoms with van der Waals surface area (Å²) in [5.41, 5.74) is -0.473. The van der Waals surface area contributed by atoms with Crippen LogP contribution in [-0.4, -0.2) is 31.4 Å². The number of nitrogens with zero attached hydrogens (tertiary/aromatic N) is 1. The molecule has 0 unspecified atom stereocenters. The standard InChI is InChI=1S/C16H17BrN2O4/c1-16(9-18,11-3-4-11)19-15(21)8-23-14-5-10(7-20)12(17)6-13(14)22-2/h5-7,11H,3-4,8H2,1-2H3,(H,19,21)/t16-/m1/s1. The summed E-state index contributed by atoms with van der Waals surface area (Å²) >= 11 is 3.25. The summed E-state index contributed by atoms with van der Waals surface area (Å²) in [4.78, 5) is 23.0. The average Bonchev–Trinajstić information content (AvgIpc) is 3.38. The van der Waals surface area contributed by atoms with E-state index < -0.39 is 11.4 Å². The minimum absolute atomic E-state index is 0.195. The Morgan fingerprint density at radius 2 is 2.22 bits per heavy atom. The fraction of sp³-hybridized carbons (Fsp3) is 0.438. The zero-order valence-electron chi connectivity index (χ0n) is 12.9. The normalized spacial score (nSPS) is 15.9. The molecule has 1 aliphatic carbocycles. The van der Waals surface area contributed by atoms with Crippen LogP contribution in [0, 0.1) is 17.2 Å². The van der Waals surface area contributed by atoms with Crippen LogP contribution in [0.2, 0.25) is 0 Å². The summed E-state index contributed by atoms with van der Waals surface area (Å²) in [6, 6.07) is 5.24. The molecule has 0 heterocycles. The molecule has 122 valence electrons. The molecule has 7 heteroatoms. The first-order chi connectivity index (χ1) is 10.9. The number of methoxy groups -OCH3 is 1. The molecular weight excluding hydrogens is 364 g/mol. The number of aldehydes is 1. The molecule has 2 rings (SSSR count). The Hall–Kier alpha value is -2.07. The van der Waals surface area contributed by atoms with Crippen molar-refractivity contribution in [1.82, 2.24) is 5.32 Å². The summed E-state index contributed by atoms with van der Waals surface area (Å²) in [6.07, 6.45) is 2.55. The quantitative estimate of drug-likeness (QED) is 0.733. The van der Waals surface area contributed by atoms with Crippen molar-refractivity contribution in [3.63, 3.8) is 0 Å². The first-order valence-electron chi connectivity index (χ1n) is 7.11. The van der Waals surface area contributed by atoms with Gasteiger partial charge in [-0.2, -0.15) is 5.26 Å². The predicted molar refractivity (Wildman–Crippen MR) is 86.5 cm³/mol. The van der Waals surface area contributed by atoms with Crippen LogP contribution in [-0.2, 0) is 4.79 Å². The molecule has 1 saturated carbocycles. The monoisotopic (exact) mass is 380 g/mol. The molecule has 0 radical (unpaired) electrons. The number of halogens is 1. The molecule has 0 saturated heterocycles. The number of rotatable bonds is 7. The Kier molecular flexibility index (Phi) is 5.26. The molecule has 1 aromatic carbocycles. The van der Waals surface area contributed by atoms with E-state index in [4.69, 9.17) is 9.47 Å². The van der Waals surface area contributed by atoms with Crippen LogP contribution in [0.3, 0.4) is 0 Å². The van der Waals surface area contributed by atoms with Crippen molar-refractivity contribution in [3.8, 4) is 17.6 Å². The number of nitriles is 1. The number of hydrogen-bond acceptors (Lipinski definition) is 5. The number of carbonyl (C=O) groups excluding carboxylic acids is 2. The van der Waals surface area contributed by atoms with E-state index in [9.17, 15) is 14.9 Å². The molecule has 1 aromatic rings. The summed E-state index contributed by atoms with van der Waals surface area (Å²) < 4.78 is 11.2. The van der Waals surface area contributed by atoms with Gasteiger partial charge in [0.2, 0.25) is 0 Å². The molecule has 1 aliphatic rings. The van der Waals surface area contributed by atoms with Gasteiger partial charge >= 0.3 is 0 Å². The Balaban J connectivity index is 2.04. The molecule has 6 nitrogen and oxygen atoms in total. The van der Waals surface area contributed by atoms with Crippen molar-refractivity contribution in [2.75, 3.05) is 13.7 Å². The maximum Gasteiger partial charge on any atom is 0.259 e. The van der Waals surface area contributed by atoms with E-state index in [1.807, 2.05) is 0 Å². The second-order valence-electron chi connectivity index (χ2n) is 5.57. The minimum Gasteiger partial charge on any atom is -0.493 e. The first-order valence-corrected chi connectivity index (χ1v) is 7.90. The average molecular weight is 381 g/mol. The molecule has 0 spiro atoms. The fourth-order valence-corrected chi connectivity index (χ4v) is 2.68. The van der Waals surface area contributed by atoms with E-state index in [-0.39, 0.29) is 18.3 Å². The van der Waals surface area contributed by atoms with E-state index in [1.165, 1.54) is 13.2 Å². The number of ether oxygens (including phenoxy) is 2. The van der Waals surface area contributed by atoms with E-state index in [2.05, 4.69) is 27.3 Å². The number of nitrogens with one attached hydrogen (secondary N) is 1. The van der Waals surface area contributed by atoms with Gasteiger partial charge in [-0.25, -0.2) is 0 Å². The maximum absolute atomic E-state index is 12.0. The number of amides is 1. The van der Waals surface area contributed by atoms with Crippen molar-refractivity contribution in [1.29, 1.82) is 5.26 Å². The number of hydrogen-bond donors (Lipinski definition) is 1. The fourth-order valence-electron chi connectivity index (χ4n) is 2.26. The zero-order chi connectivity index (χ0) is 17.0. The van der Waals surface area contributed by atoms with E-state index in [1.54, 1.807) is 13.0 Å². The van der Waals surface area contributed by atoms with E-state index in [0.29, 0.717) is 22.1 Å². The minimum atomic E-state index is -0.863. The van der Waals surface area contributed by atoms with Crippen molar-refractivity contribution in [3.05, 3.63) is 22.2 Å². The highest BCUT2D eigenvalue weighted by Gasteiger charge is 2.43. The smallest absolute Gasteiger partial charge is 0.259 e. The highest BCUT2D eigenvalue weighted by molar-refractivity contribution is 9.10. The van der Waals surface area contributed by atoms with Crippen LogP contribution in [0.1, 0.15) is 30.1 Å². The Labute approximate surface area is 142 Å². The van der Waals surface area contributed by atoms with Gasteiger partial charge in [-0.15, -0.1) is 0 Å². The SMILES string of the molecule is COc1cc(Br)c(C=O)cc1OCC(=O)N[C@](C)(C#N)C1CC1. The molecule has 1 fully saturated rings. The van der Waals surface area contributed by atoms with Crippen LogP contribution in [0.15, 0.2) is 16.6 Å². The maximum atomic E-state index is 12.0. The lowest BCUT2D eigenvalue weighted by Gasteiger charge is -2.23. The summed E-state index contributed by atoms with van der Waals surface area (Å²) in [5.74, 6) is 0.498. The molecule has 1 N–H and O–H groups in total. The molecule has 1 amide bonds. The largest absolute Gasteiger partial charge is 0.493 e. The van der Waals surface area contributed by atoms with E-state index in [0.717, 1.165) is 12.8 Å². The van der Waals surface area contributed by atoms with Crippen molar-refractivity contribution in [2.24, 2.45) is 5.92 Å². The van der Waals surface area contributed by atoms with Crippen LogP contribution in [0.5, 0.6) is 11.5 Å². The summed E-state index contributed by atoms with van der Waals surface area (Å²) in [7, 11) is 1.47. The van der Waals surface area contributed by atoms with Crippen LogP contribution in [0.25, 0.3) is 0 Å². The van der Waals surface area contributed by atoms with Gasteiger partial charge in [-0.1, -0.05) is 0 Å². The molecule has 0 aromatic heterocycles. The van der Waals surface area contributed by atoms with Gasteiger partial charge in [0, 0.05) is 10.0 Å². The summed E-state index contributed by atoms with van der Waals surface area (Å²) in [5, 5.41) is 11.9. The zero-order valence-corrected chi connectivity index (χ0v) is 14.5. The third-order valence-electron chi connectivity index (χ3n) is 3.79. The number of carbonyl (C=O) groups is 2. The van der Waals surface area contributed by atoms with E-state index >= 15 is 0 Å². The second-order valence-corrected chi connectivity index (χ2v) is 6.42. The third-order valence-corrected chi connectivity index (χ3v) is 4.48. The van der Waals surface area contributed by atoms with Crippen LogP contribution in [0.4, 0.5) is 0 Å². The highest BCUT2D eigenvalue weighted by atomic mass is 79.9. The van der Waals surface area contributed by atoms with Crippen molar-refractivity contribution in [2.45, 2.75) is 25.3 Å². The van der Waals surface area contributed by atoms with Crippen molar-refractivity contribution >= 4 is 28.1 Å². The molecule has 0 bridgehead atoms. The Morgan fingerprint density at radius 3 is 2.74 bits per heavy atom. The van der Waals surface area contributed by atoms with Gasteiger partial charge in [0.15, 0.2) is 24.4 Å². The molecule has 1 atom stereocenters. The number of benzene rings is 1. The highest BCUT2D eigenvalue weighted by Crippen LogP contribution is 2.39. The predicted octanol–water partition coefficient (Wildman–Crippen LogP) is 2.46. The van der Waals surface area contributed by atoms with Crippen LogP contribution >= 0.6 is 15.9 Å². The van der Waals surface area contributed by atoms with Gasteiger partial charge in [0.25, 0.3) is 5.91 Å². The molecular formula is C16H17BrN2O4. The molecule has 0 aliphatic heterocycles. The third kappa shape index (κ3) is 4.02. The van der Waals surface area contributed by atoms with Gasteiger partial charge in [-0.05, 0) is 53.7 Å². The van der Waals surface area contributed by atoms with Crippen molar-refractivity contribution < 1.29 is 19.1 Å². The van der Waals surface area contributed by atoms with Gasteiger partial charge in [0.05, 0.1) is 13.2 Å². The van der Waals surface area contributed by atoms with Gasteiger partial charge in [0.1, 0.15) is 5.54 Å². The first kappa shape index (κ1) is 17.3. The lowest BCUT2D eigenvalue weighted by Crippen LogP contribution is -2.48. The lowest BCUT2D eigenvalue weighted by molar-refractivity contribution is -0.124. The second kappa shape index (κ2) is 7.01. The van der Waals surface area contributed by atoms with Crippen LogP contribution < -0.4 is 14.8 Å². The Morgan fingerprint density at radius 1 is 1.52 bits per heavy atom. The van der Waals surface area contributed by atoms with Gasteiger partial charge < -0.3 is 14.8 Å². The summed E-state index contributed by atoms with van der Waals surface area (Å²) in [6.45, 7) is 1.45. The Bertz CT molecular complexity index is 667. The molecule has 23 heavy (non-hydrogen) atoms. The topological polar surface area (TPSA) is 88.4 Å². The lowest BCUT2D eigenvalue weighted by atomic mass is 9.98.